The third kappa shape index (κ3) is 2.99. The molecular formula is C32H25ClN2O2. The number of aromatic nitrogens is 2. The number of furan rings is 2. The highest BCUT2D eigenvalue weighted by atomic mass is 35.5. The highest BCUT2D eigenvalue weighted by Gasteiger charge is 2.60. The highest BCUT2D eigenvalue weighted by molar-refractivity contribution is 5.85. The van der Waals surface area contributed by atoms with Crippen molar-refractivity contribution in [2.75, 3.05) is 0 Å². The van der Waals surface area contributed by atoms with Gasteiger partial charge in [-0.3, -0.25) is 0 Å². The number of benzene rings is 3. The normalized spacial score (nSPS) is 18.8. The van der Waals surface area contributed by atoms with Crippen LogP contribution in [0.25, 0.3) is 10.8 Å². The van der Waals surface area contributed by atoms with Crippen LogP contribution in [0.15, 0.2) is 125 Å². The van der Waals surface area contributed by atoms with E-state index >= 15 is 0 Å². The first-order valence-corrected chi connectivity index (χ1v) is 12.6. The summed E-state index contributed by atoms with van der Waals surface area (Å²) in [5.74, 6) is 1.46. The van der Waals surface area contributed by atoms with Gasteiger partial charge in [-0.15, -0.1) is 0 Å². The summed E-state index contributed by atoms with van der Waals surface area (Å²) in [6, 6.07) is 28.8. The average molecular weight is 505 g/mol. The molecule has 1 aliphatic carbocycles. The van der Waals surface area contributed by atoms with Crippen LogP contribution in [0.4, 0.5) is 0 Å². The van der Waals surface area contributed by atoms with Crippen molar-refractivity contribution in [1.82, 2.24) is 4.57 Å². The zero-order valence-electron chi connectivity index (χ0n) is 20.1. The highest BCUT2D eigenvalue weighted by Crippen LogP contribution is 2.59. The van der Waals surface area contributed by atoms with Crippen LogP contribution in [0.2, 0.25) is 0 Å². The number of fused-ring (bicyclic) bond motifs is 2. The van der Waals surface area contributed by atoms with Gasteiger partial charge in [-0.1, -0.05) is 66.7 Å². The first-order chi connectivity index (χ1) is 17.8. The largest absolute Gasteiger partial charge is 1.00 e. The second kappa shape index (κ2) is 8.25. The van der Waals surface area contributed by atoms with Gasteiger partial charge in [0.1, 0.15) is 30.9 Å². The Bertz CT molecular complexity index is 1680. The molecule has 0 N–H and O–H groups in total. The first-order valence-electron chi connectivity index (χ1n) is 12.6. The smallest absolute Gasteiger partial charge is 0.266 e. The van der Waals surface area contributed by atoms with Crippen LogP contribution in [-0.2, 0) is 12.0 Å². The Morgan fingerprint density at radius 1 is 0.811 bits per heavy atom. The Balaban J connectivity index is 0.00000231. The van der Waals surface area contributed by atoms with Crippen LogP contribution in [-0.4, -0.2) is 4.57 Å². The van der Waals surface area contributed by atoms with Crippen LogP contribution in [0.3, 0.4) is 0 Å². The summed E-state index contributed by atoms with van der Waals surface area (Å²) >= 11 is 0. The van der Waals surface area contributed by atoms with Gasteiger partial charge in [0.25, 0.3) is 5.82 Å². The molecule has 0 amide bonds. The lowest BCUT2D eigenvalue weighted by Crippen LogP contribution is -3.00. The van der Waals surface area contributed by atoms with E-state index in [1.54, 1.807) is 12.5 Å². The second-order valence-electron chi connectivity index (χ2n) is 10.1. The molecule has 0 spiro atoms. The van der Waals surface area contributed by atoms with Gasteiger partial charge in [0.2, 0.25) is 0 Å². The standard InChI is InChI=1S/C32H25N2O2.ClH/c1-2-9-26-22(6-1)7-5-8-23(26)19-33-14-15-34-29-18-32(24-12-16-35-20-24,25-13-17-36-21-25)30(31(33)34)28-11-4-3-10-27(28)29;/h1-17,20-21,29-30H,18-19H2;1H/q+1;/p-1/t29-,30+;/m1./s1. The molecule has 3 aromatic heterocycles. The molecule has 5 heteroatoms. The van der Waals surface area contributed by atoms with Crippen LogP contribution >= 0.6 is 0 Å². The lowest BCUT2D eigenvalue weighted by Gasteiger charge is -2.49. The summed E-state index contributed by atoms with van der Waals surface area (Å²) < 4.78 is 16.3. The number of rotatable bonds is 4. The van der Waals surface area contributed by atoms with Crippen molar-refractivity contribution in [3.8, 4) is 0 Å². The van der Waals surface area contributed by atoms with Crippen LogP contribution < -0.4 is 17.0 Å². The zero-order chi connectivity index (χ0) is 23.7. The fourth-order valence-corrected chi connectivity index (χ4v) is 7.03. The fourth-order valence-electron chi connectivity index (χ4n) is 7.03. The number of imidazole rings is 1. The number of hydrogen-bond acceptors (Lipinski definition) is 2. The first kappa shape index (κ1) is 22.2. The van der Waals surface area contributed by atoms with Crippen molar-refractivity contribution < 1.29 is 25.8 Å². The van der Waals surface area contributed by atoms with Gasteiger partial charge in [0, 0.05) is 34.1 Å². The number of nitrogens with zero attached hydrogens (tertiary/aromatic N) is 2. The molecular weight excluding hydrogens is 480 g/mol. The summed E-state index contributed by atoms with van der Waals surface area (Å²) in [6.45, 7) is 0.821. The van der Waals surface area contributed by atoms with Gasteiger partial charge in [-0.05, 0) is 28.5 Å². The van der Waals surface area contributed by atoms with Crippen molar-refractivity contribution >= 4 is 10.8 Å². The van der Waals surface area contributed by atoms with Crippen LogP contribution in [0.5, 0.6) is 0 Å². The van der Waals surface area contributed by atoms with Gasteiger partial charge in [0.15, 0.2) is 0 Å². The molecule has 0 radical (unpaired) electrons. The molecule has 0 fully saturated rings. The molecule has 5 heterocycles. The summed E-state index contributed by atoms with van der Waals surface area (Å²) in [7, 11) is 0. The lowest BCUT2D eigenvalue weighted by atomic mass is 9.55. The molecule has 2 atom stereocenters. The monoisotopic (exact) mass is 504 g/mol. The Hall–Kier alpha value is -4.02. The van der Waals surface area contributed by atoms with Crippen molar-refractivity contribution in [2.24, 2.45) is 0 Å². The van der Waals surface area contributed by atoms with E-state index in [0.717, 1.165) is 13.0 Å². The predicted molar refractivity (Wildman–Crippen MR) is 137 cm³/mol. The Kier molecular flexibility index (Phi) is 4.95. The fraction of sp³-hybridized carbons (Fsp3) is 0.156. The van der Waals surface area contributed by atoms with E-state index in [9.17, 15) is 0 Å². The third-order valence-corrected chi connectivity index (χ3v) is 8.53. The third-order valence-electron chi connectivity index (χ3n) is 8.53. The minimum atomic E-state index is -0.270. The molecule has 4 nitrogen and oxygen atoms in total. The molecule has 2 aliphatic heterocycles. The molecule has 9 rings (SSSR count). The minimum Gasteiger partial charge on any atom is -1.00 e. The van der Waals surface area contributed by atoms with Gasteiger partial charge < -0.3 is 21.2 Å². The molecule has 37 heavy (non-hydrogen) atoms. The van der Waals surface area contributed by atoms with E-state index in [-0.39, 0.29) is 29.8 Å². The van der Waals surface area contributed by atoms with Gasteiger partial charge in [-0.2, -0.15) is 0 Å². The topological polar surface area (TPSA) is 35.1 Å². The SMILES string of the molecule is [Cl-].c1ccc2c(c1)[C@H]1c3n(Cc4cccc5ccccc45)cc[n+]3[C@@H]2CC1(c1ccoc1)c1ccoc1. The molecule has 0 saturated carbocycles. The van der Waals surface area contributed by atoms with E-state index in [1.165, 1.54) is 44.4 Å². The van der Waals surface area contributed by atoms with Gasteiger partial charge in [-0.25, -0.2) is 9.13 Å². The average Bonchev–Trinajstić information content (AvgIpc) is 3.72. The molecule has 3 aliphatic rings. The molecule has 0 unspecified atom stereocenters. The molecule has 0 saturated heterocycles. The Morgan fingerprint density at radius 2 is 1.51 bits per heavy atom. The Labute approximate surface area is 221 Å². The maximum Gasteiger partial charge on any atom is 0.266 e. The van der Waals surface area contributed by atoms with Gasteiger partial charge in [0.05, 0.1) is 25.1 Å². The van der Waals surface area contributed by atoms with Crippen LogP contribution in [0, 0.1) is 0 Å². The maximum atomic E-state index is 5.69. The molecule has 182 valence electrons. The minimum absolute atomic E-state index is 0. The second-order valence-corrected chi connectivity index (χ2v) is 10.1. The van der Waals surface area contributed by atoms with Crippen molar-refractivity contribution in [1.29, 1.82) is 0 Å². The van der Waals surface area contributed by atoms with E-state index in [0.29, 0.717) is 0 Å². The number of hydrogen-bond donors (Lipinski definition) is 0. The predicted octanol–water partition coefficient (Wildman–Crippen LogP) is 3.59. The molecule has 2 bridgehead atoms. The van der Waals surface area contributed by atoms with Gasteiger partial charge >= 0.3 is 0 Å². The van der Waals surface area contributed by atoms with Crippen LogP contribution in [0.1, 0.15) is 52.0 Å². The molecule has 6 aromatic rings. The number of halogens is 1. The molecule has 3 aromatic carbocycles. The quantitative estimate of drug-likeness (QED) is 0.344. The lowest BCUT2D eigenvalue weighted by molar-refractivity contribution is -0.732. The van der Waals surface area contributed by atoms with E-state index in [2.05, 4.69) is 100 Å². The maximum absolute atomic E-state index is 5.69. The summed E-state index contributed by atoms with van der Waals surface area (Å²) in [5.41, 5.74) is 6.29. The summed E-state index contributed by atoms with van der Waals surface area (Å²) in [4.78, 5) is 0. The summed E-state index contributed by atoms with van der Waals surface area (Å²) in [5, 5.41) is 2.59. The summed E-state index contributed by atoms with van der Waals surface area (Å²) in [6.07, 6.45) is 13.0. The van der Waals surface area contributed by atoms with Crippen molar-refractivity contribution in [3.63, 3.8) is 0 Å². The van der Waals surface area contributed by atoms with E-state index in [4.69, 9.17) is 8.83 Å². The van der Waals surface area contributed by atoms with Crippen molar-refractivity contribution in [2.45, 2.75) is 30.3 Å². The Morgan fingerprint density at radius 3 is 2.27 bits per heavy atom. The van der Waals surface area contributed by atoms with E-state index in [1.807, 2.05) is 12.5 Å². The van der Waals surface area contributed by atoms with E-state index < -0.39 is 0 Å². The van der Waals surface area contributed by atoms with Crippen molar-refractivity contribution in [3.05, 3.63) is 150 Å². The zero-order valence-corrected chi connectivity index (χ0v) is 20.9.